The van der Waals surface area contributed by atoms with Crippen LogP contribution in [0.4, 0.5) is 0 Å². The zero-order valence-electron chi connectivity index (χ0n) is 15.6. The van der Waals surface area contributed by atoms with E-state index < -0.39 is 5.97 Å². The number of carbonyl (C=O) groups excluding carboxylic acids is 1. The Morgan fingerprint density at radius 3 is 2.61 bits per heavy atom. The maximum absolute atomic E-state index is 12.8. The molecule has 2 heterocycles. The second-order valence-electron chi connectivity index (χ2n) is 7.17. The molecule has 1 N–H and O–H groups in total. The Labute approximate surface area is 163 Å². The second-order valence-corrected chi connectivity index (χ2v) is 7.17. The van der Waals surface area contributed by atoms with E-state index >= 15 is 0 Å². The first-order valence-electron chi connectivity index (χ1n) is 9.66. The molecule has 1 fully saturated rings. The molecule has 0 radical (unpaired) electrons. The van der Waals surface area contributed by atoms with E-state index in [1.807, 2.05) is 54.6 Å². The molecular formula is C22H23N3O3. The second kappa shape index (κ2) is 7.84. The molecule has 6 nitrogen and oxygen atoms in total. The summed E-state index contributed by atoms with van der Waals surface area (Å²) >= 11 is 0. The maximum atomic E-state index is 12.8. The number of likely N-dealkylation sites (tertiary alicyclic amines) is 1. The van der Waals surface area contributed by atoms with Crippen LogP contribution in [0, 0.1) is 0 Å². The summed E-state index contributed by atoms with van der Waals surface area (Å²) in [6.45, 7) is 0.645. The summed E-state index contributed by atoms with van der Waals surface area (Å²) in [7, 11) is 0. The molecule has 1 saturated heterocycles. The summed E-state index contributed by atoms with van der Waals surface area (Å²) < 4.78 is 2.10. The Bertz CT molecular complexity index is 997. The Morgan fingerprint density at radius 1 is 1.07 bits per heavy atom. The molecule has 1 aliphatic rings. The van der Waals surface area contributed by atoms with Gasteiger partial charge >= 0.3 is 5.97 Å². The van der Waals surface area contributed by atoms with Crippen LogP contribution in [0.15, 0.2) is 54.6 Å². The van der Waals surface area contributed by atoms with Gasteiger partial charge in [0.15, 0.2) is 0 Å². The molecule has 0 aliphatic carbocycles. The van der Waals surface area contributed by atoms with Crippen molar-refractivity contribution < 1.29 is 14.7 Å². The van der Waals surface area contributed by atoms with Crippen LogP contribution >= 0.6 is 0 Å². The lowest BCUT2D eigenvalue weighted by molar-refractivity contribution is -0.139. The normalized spacial score (nSPS) is 16.6. The largest absolute Gasteiger partial charge is 0.481 e. The number of rotatable bonds is 6. The predicted molar refractivity (Wildman–Crippen MR) is 106 cm³/mol. The zero-order chi connectivity index (χ0) is 19.5. The predicted octanol–water partition coefficient (Wildman–Crippen LogP) is 3.42. The first-order chi connectivity index (χ1) is 13.6. The van der Waals surface area contributed by atoms with Crippen molar-refractivity contribution in [1.29, 1.82) is 0 Å². The van der Waals surface area contributed by atoms with Crippen LogP contribution in [0.3, 0.4) is 0 Å². The monoisotopic (exact) mass is 377 g/mol. The first kappa shape index (κ1) is 18.2. The van der Waals surface area contributed by atoms with Gasteiger partial charge in [0.2, 0.25) is 5.91 Å². The van der Waals surface area contributed by atoms with Crippen molar-refractivity contribution in [3.8, 4) is 5.69 Å². The van der Waals surface area contributed by atoms with Crippen molar-refractivity contribution in [2.24, 2.45) is 0 Å². The molecule has 0 saturated carbocycles. The van der Waals surface area contributed by atoms with Gasteiger partial charge in [-0.05, 0) is 37.1 Å². The number of para-hydroxylation sites is 3. The Balaban J connectivity index is 1.57. The Morgan fingerprint density at radius 2 is 1.82 bits per heavy atom. The fourth-order valence-electron chi connectivity index (χ4n) is 4.05. The third-order valence-corrected chi connectivity index (χ3v) is 5.31. The van der Waals surface area contributed by atoms with E-state index in [9.17, 15) is 9.59 Å². The van der Waals surface area contributed by atoms with E-state index in [2.05, 4.69) is 4.57 Å². The van der Waals surface area contributed by atoms with Crippen LogP contribution in [-0.4, -0.2) is 44.0 Å². The fraction of sp³-hybridized carbons (Fsp3) is 0.318. The van der Waals surface area contributed by atoms with Gasteiger partial charge in [-0.25, -0.2) is 4.98 Å². The molecule has 1 aromatic heterocycles. The average molecular weight is 377 g/mol. The number of carbonyl (C=O) groups is 2. The van der Waals surface area contributed by atoms with E-state index in [-0.39, 0.29) is 18.4 Å². The maximum Gasteiger partial charge on any atom is 0.305 e. The molecule has 1 unspecified atom stereocenters. The first-order valence-corrected chi connectivity index (χ1v) is 9.66. The van der Waals surface area contributed by atoms with Gasteiger partial charge in [0.25, 0.3) is 0 Å². The number of aromatic nitrogens is 2. The Kier molecular flexibility index (Phi) is 5.10. The van der Waals surface area contributed by atoms with Crippen LogP contribution in [-0.2, 0) is 16.0 Å². The molecule has 3 aromatic rings. The zero-order valence-corrected chi connectivity index (χ0v) is 15.6. The molecule has 144 valence electrons. The summed E-state index contributed by atoms with van der Waals surface area (Å²) in [6.07, 6.45) is 2.49. The van der Waals surface area contributed by atoms with Crippen LogP contribution in [0.1, 0.15) is 31.5 Å². The molecule has 1 amide bonds. The van der Waals surface area contributed by atoms with Gasteiger partial charge in [-0.1, -0.05) is 30.3 Å². The molecule has 4 rings (SSSR count). The number of aliphatic carboxylic acids is 1. The van der Waals surface area contributed by atoms with Gasteiger partial charge in [-0.3, -0.25) is 14.2 Å². The van der Waals surface area contributed by atoms with Crippen LogP contribution in [0.2, 0.25) is 0 Å². The van der Waals surface area contributed by atoms with E-state index in [1.165, 1.54) is 0 Å². The smallest absolute Gasteiger partial charge is 0.305 e. The number of hydrogen-bond donors (Lipinski definition) is 1. The fourth-order valence-corrected chi connectivity index (χ4v) is 4.05. The van der Waals surface area contributed by atoms with Crippen molar-refractivity contribution in [3.05, 3.63) is 60.4 Å². The SMILES string of the molecule is O=C(O)CC1CCCN1C(=O)CCc1nc2ccccc2n1-c1ccccc1. The summed E-state index contributed by atoms with van der Waals surface area (Å²) in [6, 6.07) is 17.8. The lowest BCUT2D eigenvalue weighted by Gasteiger charge is -2.23. The van der Waals surface area contributed by atoms with E-state index in [0.717, 1.165) is 35.4 Å². The number of amides is 1. The number of imidazole rings is 1. The van der Waals surface area contributed by atoms with Gasteiger partial charge in [-0.2, -0.15) is 0 Å². The van der Waals surface area contributed by atoms with Gasteiger partial charge in [0.1, 0.15) is 5.82 Å². The van der Waals surface area contributed by atoms with Crippen LogP contribution in [0.5, 0.6) is 0 Å². The molecule has 0 spiro atoms. The lowest BCUT2D eigenvalue weighted by Crippen LogP contribution is -2.37. The van der Waals surface area contributed by atoms with Crippen LogP contribution < -0.4 is 0 Å². The highest BCUT2D eigenvalue weighted by molar-refractivity contribution is 5.80. The van der Waals surface area contributed by atoms with Crippen molar-refractivity contribution in [3.63, 3.8) is 0 Å². The standard InChI is InChI=1S/C22H23N3O3/c26-21(24-14-6-9-17(24)15-22(27)28)13-12-20-23-18-10-4-5-11-19(18)25(20)16-7-2-1-3-8-16/h1-5,7-8,10-11,17H,6,9,12-15H2,(H,27,28). The van der Waals surface area contributed by atoms with Gasteiger partial charge in [0.05, 0.1) is 17.5 Å². The van der Waals surface area contributed by atoms with Crippen molar-refractivity contribution in [2.75, 3.05) is 6.54 Å². The highest BCUT2D eigenvalue weighted by Crippen LogP contribution is 2.24. The number of fused-ring (bicyclic) bond motifs is 1. The quantitative estimate of drug-likeness (QED) is 0.714. The number of carboxylic acid groups (broad SMARTS) is 1. The Hall–Kier alpha value is -3.15. The number of nitrogens with zero attached hydrogens (tertiary/aromatic N) is 3. The lowest BCUT2D eigenvalue weighted by atomic mass is 10.1. The van der Waals surface area contributed by atoms with Gasteiger partial charge in [-0.15, -0.1) is 0 Å². The number of carboxylic acids is 1. The number of hydrogen-bond acceptors (Lipinski definition) is 3. The summed E-state index contributed by atoms with van der Waals surface area (Å²) in [4.78, 5) is 30.3. The molecule has 1 atom stereocenters. The van der Waals surface area contributed by atoms with Gasteiger partial charge < -0.3 is 10.0 Å². The average Bonchev–Trinajstić information content (AvgIpc) is 3.30. The van der Waals surface area contributed by atoms with E-state index in [1.54, 1.807) is 4.90 Å². The van der Waals surface area contributed by atoms with Gasteiger partial charge in [0, 0.05) is 31.1 Å². The van der Waals surface area contributed by atoms with Crippen molar-refractivity contribution >= 4 is 22.9 Å². The summed E-state index contributed by atoms with van der Waals surface area (Å²) in [5.41, 5.74) is 2.93. The minimum absolute atomic E-state index is 0.00965. The molecule has 28 heavy (non-hydrogen) atoms. The third kappa shape index (κ3) is 3.63. The molecule has 1 aliphatic heterocycles. The van der Waals surface area contributed by atoms with E-state index in [0.29, 0.717) is 19.4 Å². The summed E-state index contributed by atoms with van der Waals surface area (Å²) in [5.74, 6) is 0.000666. The highest BCUT2D eigenvalue weighted by atomic mass is 16.4. The number of aryl methyl sites for hydroxylation is 1. The van der Waals surface area contributed by atoms with Crippen molar-refractivity contribution in [1.82, 2.24) is 14.5 Å². The minimum Gasteiger partial charge on any atom is -0.481 e. The third-order valence-electron chi connectivity index (χ3n) is 5.31. The van der Waals surface area contributed by atoms with E-state index in [4.69, 9.17) is 10.1 Å². The molecule has 2 aromatic carbocycles. The topological polar surface area (TPSA) is 75.4 Å². The minimum atomic E-state index is -0.851. The van der Waals surface area contributed by atoms with Crippen molar-refractivity contribution in [2.45, 2.75) is 38.1 Å². The molecule has 6 heteroatoms. The highest BCUT2D eigenvalue weighted by Gasteiger charge is 2.30. The summed E-state index contributed by atoms with van der Waals surface area (Å²) in [5, 5.41) is 9.07. The van der Waals surface area contributed by atoms with Crippen LogP contribution in [0.25, 0.3) is 16.7 Å². The number of benzene rings is 2. The molecular weight excluding hydrogens is 354 g/mol. The molecule has 0 bridgehead atoms.